The minimum absolute atomic E-state index is 0.784. The van der Waals surface area contributed by atoms with E-state index in [-0.39, 0.29) is 0 Å². The van der Waals surface area contributed by atoms with Gasteiger partial charge in [-0.05, 0) is 49.9 Å². The maximum atomic E-state index is 4.77. The van der Waals surface area contributed by atoms with E-state index in [9.17, 15) is 0 Å². The first-order valence-electron chi connectivity index (χ1n) is 5.07. The second-order valence-corrected chi connectivity index (χ2v) is 4.80. The maximum Gasteiger partial charge on any atom is 0.0251 e. The van der Waals surface area contributed by atoms with Crippen LogP contribution in [0.5, 0.6) is 0 Å². The smallest absolute Gasteiger partial charge is 0.0251 e. The lowest BCUT2D eigenvalue weighted by atomic mass is 9.68. The van der Waals surface area contributed by atoms with Crippen molar-refractivity contribution in [3.05, 3.63) is 0 Å². The number of fused-ring (bicyclic) bond motifs is 1. The summed E-state index contributed by atoms with van der Waals surface area (Å²) in [6.07, 6.45) is 7.44. The monoisotopic (exact) mass is 150 g/mol. The van der Waals surface area contributed by atoms with Crippen molar-refractivity contribution < 1.29 is 0 Å². The van der Waals surface area contributed by atoms with E-state index in [2.05, 4.69) is 0 Å². The molecule has 0 aromatic rings. The molecule has 4 rings (SSSR count). The van der Waals surface area contributed by atoms with Crippen molar-refractivity contribution in [1.82, 2.24) is 5.32 Å². The molecule has 2 unspecified atom stereocenters. The quantitative estimate of drug-likeness (QED) is 0.500. The number of rotatable bonds is 0. The number of hydrogen-bond acceptors (Lipinski definition) is 0. The molecule has 2 aliphatic carbocycles. The molecule has 2 heterocycles. The Morgan fingerprint density at radius 1 is 0.727 bits per heavy atom. The van der Waals surface area contributed by atoms with E-state index in [1.807, 2.05) is 0 Å². The summed E-state index contributed by atoms with van der Waals surface area (Å²) in [6.45, 7) is 1.21. The van der Waals surface area contributed by atoms with Crippen LogP contribution in [0, 0.1) is 17.8 Å². The third kappa shape index (κ3) is 1.01. The largest absolute Gasteiger partial charge is 0.238 e. The van der Waals surface area contributed by atoms with Crippen molar-refractivity contribution in [2.45, 2.75) is 38.1 Å². The Hall–Kier alpha value is -0.0400. The van der Waals surface area contributed by atoms with E-state index in [1.165, 1.54) is 32.2 Å². The van der Waals surface area contributed by atoms with Crippen LogP contribution < -0.4 is 5.32 Å². The Morgan fingerprint density at radius 2 is 1.36 bits per heavy atom. The molecule has 1 heteroatoms. The molecule has 2 atom stereocenters. The van der Waals surface area contributed by atoms with Gasteiger partial charge in [0.1, 0.15) is 0 Å². The van der Waals surface area contributed by atoms with Crippen LogP contribution in [0.3, 0.4) is 0 Å². The zero-order valence-electron chi connectivity index (χ0n) is 7.00. The van der Waals surface area contributed by atoms with Gasteiger partial charge in [-0.1, -0.05) is 0 Å². The number of hydrogen-bond donors (Lipinski definition) is 0. The summed E-state index contributed by atoms with van der Waals surface area (Å²) in [5.41, 5.74) is 0. The summed E-state index contributed by atoms with van der Waals surface area (Å²) >= 11 is 0. The summed E-state index contributed by atoms with van der Waals surface area (Å²) in [5.74, 6) is 3.14. The zero-order chi connectivity index (χ0) is 7.26. The van der Waals surface area contributed by atoms with Crippen molar-refractivity contribution >= 4 is 0 Å². The van der Waals surface area contributed by atoms with E-state index >= 15 is 0 Å². The van der Waals surface area contributed by atoms with E-state index in [0.29, 0.717) is 0 Å². The van der Waals surface area contributed by atoms with Crippen LogP contribution in [0.15, 0.2) is 0 Å². The van der Waals surface area contributed by atoms with Gasteiger partial charge in [-0.25, -0.2) is 5.32 Å². The molecule has 2 aliphatic heterocycles. The van der Waals surface area contributed by atoms with Gasteiger partial charge in [-0.2, -0.15) is 0 Å². The van der Waals surface area contributed by atoms with Gasteiger partial charge in [-0.15, -0.1) is 0 Å². The van der Waals surface area contributed by atoms with Gasteiger partial charge >= 0.3 is 0 Å². The van der Waals surface area contributed by atoms with Gasteiger partial charge in [0.15, 0.2) is 0 Å². The first-order chi connectivity index (χ1) is 5.40. The minimum atomic E-state index is 0.784. The van der Waals surface area contributed by atoms with E-state index in [1.54, 1.807) is 6.42 Å². The average Bonchev–Trinajstić information content (AvgIpc) is 2.18. The highest BCUT2D eigenvalue weighted by molar-refractivity contribution is 4.93. The van der Waals surface area contributed by atoms with Gasteiger partial charge in [-0.3, -0.25) is 0 Å². The van der Waals surface area contributed by atoms with Gasteiger partial charge in [0.2, 0.25) is 0 Å². The minimum Gasteiger partial charge on any atom is -0.238 e. The Balaban J connectivity index is 1.90. The Morgan fingerprint density at radius 3 is 2.09 bits per heavy atom. The van der Waals surface area contributed by atoms with Crippen LogP contribution in [-0.2, 0) is 0 Å². The Bertz CT molecular complexity index is 132. The topological polar surface area (TPSA) is 14.1 Å². The van der Waals surface area contributed by atoms with Crippen LogP contribution in [0.4, 0.5) is 0 Å². The third-order valence-electron chi connectivity index (χ3n) is 3.83. The molecule has 61 valence electrons. The van der Waals surface area contributed by atoms with Gasteiger partial charge < -0.3 is 0 Å². The molecule has 0 spiro atoms. The molecule has 1 radical (unpaired) electrons. The second-order valence-electron chi connectivity index (χ2n) is 4.80. The standard InChI is InChI=1S/C10H16N/c1-7-2-9-3-8(1)5-10(4-7)11-6-9/h7-10H,1-6H2. The summed E-state index contributed by atoms with van der Waals surface area (Å²) in [7, 11) is 0. The predicted octanol–water partition coefficient (Wildman–Crippen LogP) is 1.80. The van der Waals surface area contributed by atoms with Crippen molar-refractivity contribution in [3.8, 4) is 0 Å². The molecule has 11 heavy (non-hydrogen) atoms. The van der Waals surface area contributed by atoms with Crippen LogP contribution in [0.1, 0.15) is 32.1 Å². The van der Waals surface area contributed by atoms with Crippen molar-refractivity contribution in [2.75, 3.05) is 6.54 Å². The van der Waals surface area contributed by atoms with Crippen molar-refractivity contribution in [3.63, 3.8) is 0 Å². The van der Waals surface area contributed by atoms with Crippen LogP contribution in [0.2, 0.25) is 0 Å². The third-order valence-corrected chi connectivity index (χ3v) is 3.83. The number of nitrogens with zero attached hydrogens (tertiary/aromatic N) is 1. The molecule has 2 saturated carbocycles. The average molecular weight is 150 g/mol. The first-order valence-corrected chi connectivity index (χ1v) is 5.07. The molecule has 4 aliphatic rings. The van der Waals surface area contributed by atoms with Crippen molar-refractivity contribution in [2.24, 2.45) is 17.8 Å². The SMILES string of the molecule is C1[N]C2CC3CC1CC(C3)C2. The van der Waals surface area contributed by atoms with E-state index in [0.717, 1.165) is 23.8 Å². The fourth-order valence-electron chi connectivity index (χ4n) is 3.55. The normalized spacial score (nSPS) is 54.5. The van der Waals surface area contributed by atoms with Crippen LogP contribution in [0.25, 0.3) is 0 Å². The maximum absolute atomic E-state index is 4.77. The van der Waals surface area contributed by atoms with Gasteiger partial charge in [0.25, 0.3) is 0 Å². The molecule has 2 saturated heterocycles. The summed E-state index contributed by atoms with van der Waals surface area (Å²) in [6, 6.07) is 0.784. The van der Waals surface area contributed by atoms with Gasteiger partial charge in [0.05, 0.1) is 0 Å². The predicted molar refractivity (Wildman–Crippen MR) is 44.3 cm³/mol. The molecule has 4 bridgehead atoms. The molecule has 0 aromatic heterocycles. The summed E-state index contributed by atoms with van der Waals surface area (Å²) < 4.78 is 0. The molecular formula is C10H16N. The van der Waals surface area contributed by atoms with Crippen LogP contribution >= 0.6 is 0 Å². The first kappa shape index (κ1) is 6.47. The highest BCUT2D eigenvalue weighted by Gasteiger charge is 2.39. The Labute approximate surface area is 68.6 Å². The second kappa shape index (κ2) is 2.22. The molecule has 1 nitrogen and oxygen atoms in total. The summed E-state index contributed by atoms with van der Waals surface area (Å²) in [4.78, 5) is 0. The summed E-state index contributed by atoms with van der Waals surface area (Å²) in [5, 5.41) is 4.77. The zero-order valence-corrected chi connectivity index (χ0v) is 7.00. The highest BCUT2D eigenvalue weighted by atomic mass is 14.9. The molecular weight excluding hydrogens is 134 g/mol. The molecule has 0 amide bonds. The van der Waals surface area contributed by atoms with Crippen molar-refractivity contribution in [1.29, 1.82) is 0 Å². The Kier molecular flexibility index (Phi) is 1.31. The van der Waals surface area contributed by atoms with Gasteiger partial charge in [0, 0.05) is 12.6 Å². The lowest BCUT2D eigenvalue weighted by Crippen LogP contribution is -2.31. The van der Waals surface area contributed by atoms with E-state index < -0.39 is 0 Å². The lowest BCUT2D eigenvalue weighted by Gasteiger charge is -2.37. The molecule has 0 N–H and O–H groups in total. The van der Waals surface area contributed by atoms with Crippen LogP contribution in [-0.4, -0.2) is 12.6 Å². The molecule has 0 aromatic carbocycles. The van der Waals surface area contributed by atoms with E-state index in [4.69, 9.17) is 5.32 Å². The fraction of sp³-hybridized carbons (Fsp3) is 1.00. The lowest BCUT2D eigenvalue weighted by molar-refractivity contribution is 0.155. The highest BCUT2D eigenvalue weighted by Crippen LogP contribution is 2.45. The fourth-order valence-corrected chi connectivity index (χ4v) is 3.55. The molecule has 4 fully saturated rings.